The van der Waals surface area contributed by atoms with E-state index in [9.17, 15) is 14.4 Å². The van der Waals surface area contributed by atoms with Gasteiger partial charge in [-0.05, 0) is 36.6 Å². The Morgan fingerprint density at radius 2 is 1.73 bits per heavy atom. The molecule has 33 heavy (non-hydrogen) atoms. The summed E-state index contributed by atoms with van der Waals surface area (Å²) in [5, 5.41) is 14.3. The molecule has 7 heteroatoms. The first-order chi connectivity index (χ1) is 16.1. The fourth-order valence-corrected chi connectivity index (χ4v) is 5.01. The molecule has 0 bridgehead atoms. The smallest absolute Gasteiger partial charge is 0.257 e. The van der Waals surface area contributed by atoms with Crippen molar-refractivity contribution >= 4 is 22.5 Å². The van der Waals surface area contributed by atoms with E-state index in [1.54, 1.807) is 18.3 Å². The van der Waals surface area contributed by atoms with E-state index in [-0.39, 0.29) is 11.7 Å². The molecule has 1 amide bonds. The molecule has 168 valence electrons. The number of hydrogen-bond donors (Lipinski definition) is 1. The summed E-state index contributed by atoms with van der Waals surface area (Å²) in [6.45, 7) is 4.17. The van der Waals surface area contributed by atoms with Crippen LogP contribution in [0.25, 0.3) is 10.9 Å². The molecule has 1 aromatic heterocycles. The van der Waals surface area contributed by atoms with Crippen molar-refractivity contribution < 1.29 is 9.18 Å². The van der Waals surface area contributed by atoms with E-state index in [1.165, 1.54) is 12.1 Å². The lowest BCUT2D eigenvalue weighted by atomic mass is 9.74. The monoisotopic (exact) mass is 443 g/mol. The average Bonchev–Trinajstić information content (AvgIpc) is 2.88. The van der Waals surface area contributed by atoms with Crippen molar-refractivity contribution in [3.8, 4) is 6.07 Å². The van der Waals surface area contributed by atoms with Crippen molar-refractivity contribution in [1.29, 1.82) is 5.26 Å². The van der Waals surface area contributed by atoms with E-state index < -0.39 is 5.41 Å². The number of aromatic nitrogens is 1. The van der Waals surface area contributed by atoms with Crippen LogP contribution in [0.4, 0.5) is 10.1 Å². The zero-order valence-corrected chi connectivity index (χ0v) is 18.4. The molecular weight excluding hydrogens is 417 g/mol. The number of hydrogen-bond acceptors (Lipinski definition) is 5. The first-order valence-corrected chi connectivity index (χ1v) is 11.4. The molecule has 0 unspecified atom stereocenters. The zero-order valence-electron chi connectivity index (χ0n) is 18.4. The largest absolute Gasteiger partial charge is 0.370 e. The third-order valence-electron chi connectivity index (χ3n) is 6.93. The Labute approximate surface area is 192 Å². The maximum Gasteiger partial charge on any atom is 0.257 e. The highest BCUT2D eigenvalue weighted by Gasteiger charge is 2.38. The van der Waals surface area contributed by atoms with Crippen molar-refractivity contribution in [1.82, 2.24) is 15.2 Å². The maximum atomic E-state index is 13.5. The van der Waals surface area contributed by atoms with E-state index in [2.05, 4.69) is 21.3 Å². The van der Waals surface area contributed by atoms with Gasteiger partial charge in [0.1, 0.15) is 5.82 Å². The van der Waals surface area contributed by atoms with Crippen LogP contribution < -0.4 is 10.2 Å². The van der Waals surface area contributed by atoms with E-state index in [0.29, 0.717) is 44.6 Å². The lowest BCUT2D eigenvalue weighted by molar-refractivity contribution is 0.0736. The van der Waals surface area contributed by atoms with Crippen LogP contribution in [-0.2, 0) is 5.41 Å². The number of nitrogens with zero attached hydrogens (tertiary/aromatic N) is 4. The van der Waals surface area contributed by atoms with Crippen molar-refractivity contribution in [2.24, 2.45) is 0 Å². The fourth-order valence-electron chi connectivity index (χ4n) is 5.01. The number of halogens is 1. The Hall–Kier alpha value is -3.50. The van der Waals surface area contributed by atoms with Gasteiger partial charge in [0.2, 0.25) is 0 Å². The lowest BCUT2D eigenvalue weighted by Crippen LogP contribution is -2.47. The average molecular weight is 444 g/mol. The molecule has 2 saturated heterocycles. The summed E-state index contributed by atoms with van der Waals surface area (Å²) < 4.78 is 13.5. The third kappa shape index (κ3) is 3.91. The van der Waals surface area contributed by atoms with Gasteiger partial charge < -0.3 is 15.1 Å². The van der Waals surface area contributed by atoms with Crippen LogP contribution in [0.1, 0.15) is 28.8 Å². The SMILES string of the molecule is N#CC1(c2ccc(F)cc2)CCN(c2c(C(=O)N3CCNCC3)cnc3ccccc23)CC1. The molecule has 3 heterocycles. The Balaban J connectivity index is 1.50. The first kappa shape index (κ1) is 21.4. The van der Waals surface area contributed by atoms with Gasteiger partial charge in [-0.25, -0.2) is 4.39 Å². The number of para-hydroxylation sites is 1. The summed E-state index contributed by atoms with van der Waals surface area (Å²) in [5.41, 5.74) is 2.55. The van der Waals surface area contributed by atoms with Crippen LogP contribution in [0.5, 0.6) is 0 Å². The zero-order chi connectivity index (χ0) is 22.8. The number of carbonyl (C=O) groups is 1. The van der Waals surface area contributed by atoms with E-state index in [4.69, 9.17) is 0 Å². The summed E-state index contributed by atoms with van der Waals surface area (Å²) in [4.78, 5) is 22.2. The summed E-state index contributed by atoms with van der Waals surface area (Å²) in [5.74, 6) is -0.302. The maximum absolute atomic E-state index is 13.5. The Kier molecular flexibility index (Phi) is 5.69. The highest BCUT2D eigenvalue weighted by Crippen LogP contribution is 2.39. The Bertz CT molecular complexity index is 1210. The molecule has 5 rings (SSSR count). The van der Waals surface area contributed by atoms with Crippen molar-refractivity contribution in [3.63, 3.8) is 0 Å². The molecule has 0 radical (unpaired) electrons. The van der Waals surface area contributed by atoms with Gasteiger partial charge in [0.25, 0.3) is 5.91 Å². The van der Waals surface area contributed by atoms with Crippen molar-refractivity contribution in [2.75, 3.05) is 44.2 Å². The predicted octanol–water partition coefficient (Wildman–Crippen LogP) is 3.48. The Morgan fingerprint density at radius 1 is 1.03 bits per heavy atom. The topological polar surface area (TPSA) is 72.3 Å². The van der Waals surface area contributed by atoms with Crippen LogP contribution >= 0.6 is 0 Å². The molecule has 6 nitrogen and oxygen atoms in total. The van der Waals surface area contributed by atoms with Gasteiger partial charge >= 0.3 is 0 Å². The van der Waals surface area contributed by atoms with Crippen LogP contribution in [-0.4, -0.2) is 55.1 Å². The number of piperazine rings is 1. The normalized spacial score (nSPS) is 18.2. The number of amides is 1. The second kappa shape index (κ2) is 8.80. The second-order valence-corrected chi connectivity index (χ2v) is 8.77. The quantitative estimate of drug-likeness (QED) is 0.671. The van der Waals surface area contributed by atoms with Crippen LogP contribution in [0, 0.1) is 17.1 Å². The molecule has 2 fully saturated rings. The van der Waals surface area contributed by atoms with Crippen LogP contribution in [0.15, 0.2) is 54.7 Å². The number of fused-ring (bicyclic) bond motifs is 1. The van der Waals surface area contributed by atoms with Crippen LogP contribution in [0.3, 0.4) is 0 Å². The molecule has 2 aromatic carbocycles. The third-order valence-corrected chi connectivity index (χ3v) is 6.93. The molecule has 0 aliphatic carbocycles. The van der Waals surface area contributed by atoms with Gasteiger partial charge in [0, 0.05) is 50.9 Å². The standard InChI is InChI=1S/C26H26FN5O/c27-20-7-5-19(6-8-20)26(18-28)9-13-31(14-10-26)24-21-3-1-2-4-23(21)30-17-22(24)25(33)32-15-11-29-12-16-32/h1-8,17,29H,9-16H2. The second-order valence-electron chi connectivity index (χ2n) is 8.77. The van der Waals surface area contributed by atoms with Gasteiger partial charge in [-0.2, -0.15) is 5.26 Å². The minimum Gasteiger partial charge on any atom is -0.370 e. The highest BCUT2D eigenvalue weighted by molar-refractivity contribution is 6.07. The minimum atomic E-state index is -0.657. The van der Waals surface area contributed by atoms with Gasteiger partial charge in [0.05, 0.1) is 28.3 Å². The number of anilines is 1. The number of nitriles is 1. The van der Waals surface area contributed by atoms with Gasteiger partial charge in [-0.3, -0.25) is 9.78 Å². The predicted molar refractivity (Wildman–Crippen MR) is 126 cm³/mol. The molecule has 2 aliphatic heterocycles. The molecule has 1 N–H and O–H groups in total. The lowest BCUT2D eigenvalue weighted by Gasteiger charge is -2.40. The number of nitrogens with one attached hydrogen (secondary N) is 1. The molecule has 0 saturated carbocycles. The van der Waals surface area contributed by atoms with Crippen molar-refractivity contribution in [2.45, 2.75) is 18.3 Å². The van der Waals surface area contributed by atoms with E-state index in [0.717, 1.165) is 35.2 Å². The van der Waals surface area contributed by atoms with Crippen molar-refractivity contribution in [3.05, 3.63) is 71.7 Å². The summed E-state index contributed by atoms with van der Waals surface area (Å²) in [6, 6.07) is 16.7. The number of pyridine rings is 1. The molecule has 0 spiro atoms. The Morgan fingerprint density at radius 3 is 2.42 bits per heavy atom. The number of carbonyl (C=O) groups excluding carboxylic acids is 1. The minimum absolute atomic E-state index is 0.000377. The summed E-state index contributed by atoms with van der Waals surface area (Å²) in [6.07, 6.45) is 2.91. The van der Waals surface area contributed by atoms with E-state index in [1.807, 2.05) is 29.2 Å². The molecular formula is C26H26FN5O. The molecule has 2 aliphatic rings. The van der Waals surface area contributed by atoms with Gasteiger partial charge in [-0.1, -0.05) is 30.3 Å². The summed E-state index contributed by atoms with van der Waals surface area (Å²) >= 11 is 0. The van der Waals surface area contributed by atoms with E-state index >= 15 is 0 Å². The van der Waals surface area contributed by atoms with Gasteiger partial charge in [-0.15, -0.1) is 0 Å². The first-order valence-electron chi connectivity index (χ1n) is 11.4. The molecule has 0 atom stereocenters. The number of piperidine rings is 1. The number of benzene rings is 2. The fraction of sp³-hybridized carbons (Fsp3) is 0.346. The summed E-state index contributed by atoms with van der Waals surface area (Å²) in [7, 11) is 0. The number of rotatable bonds is 3. The van der Waals surface area contributed by atoms with Crippen LogP contribution in [0.2, 0.25) is 0 Å². The van der Waals surface area contributed by atoms with Gasteiger partial charge in [0.15, 0.2) is 0 Å². The highest BCUT2D eigenvalue weighted by atomic mass is 19.1. The molecule has 3 aromatic rings.